The number of hydrogen-bond donors (Lipinski definition) is 0. The topological polar surface area (TPSA) is 95.7 Å². The molecule has 3 rings (SSSR count). The van der Waals surface area contributed by atoms with Crippen molar-refractivity contribution in [3.05, 3.63) is 58.6 Å². The molecule has 1 aliphatic rings. The van der Waals surface area contributed by atoms with Crippen LogP contribution in [-0.4, -0.2) is 36.9 Å². The van der Waals surface area contributed by atoms with E-state index in [1.807, 2.05) is 0 Å². The Morgan fingerprint density at radius 2 is 1.84 bits per heavy atom. The highest BCUT2D eigenvalue weighted by atomic mass is 19.1. The van der Waals surface area contributed by atoms with Gasteiger partial charge in [0, 0.05) is 11.8 Å². The lowest BCUT2D eigenvalue weighted by Crippen LogP contribution is -2.26. The molecule has 0 bridgehead atoms. The number of esters is 2. The van der Waals surface area contributed by atoms with Crippen LogP contribution in [0.2, 0.25) is 0 Å². The van der Waals surface area contributed by atoms with Crippen molar-refractivity contribution in [2.75, 3.05) is 14.2 Å². The zero-order chi connectivity index (χ0) is 22.5. The van der Waals surface area contributed by atoms with Gasteiger partial charge in [0.15, 0.2) is 17.4 Å². The first-order valence-electron chi connectivity index (χ1n) is 9.98. The maximum absolute atomic E-state index is 13.9. The predicted molar refractivity (Wildman–Crippen MR) is 109 cm³/mol. The molecule has 0 radical (unpaired) electrons. The number of ether oxygens (including phenoxy) is 2. The van der Waals surface area contributed by atoms with E-state index in [0.717, 1.165) is 0 Å². The lowest BCUT2D eigenvalue weighted by atomic mass is 9.78. The second kappa shape index (κ2) is 9.68. The fourth-order valence-electron chi connectivity index (χ4n) is 3.77. The zero-order valence-corrected chi connectivity index (χ0v) is 17.6. The predicted octanol–water partition coefficient (Wildman–Crippen LogP) is 4.01. The van der Waals surface area contributed by atoms with Crippen LogP contribution in [0.25, 0.3) is 6.08 Å². The van der Waals surface area contributed by atoms with E-state index in [4.69, 9.17) is 9.15 Å². The van der Waals surface area contributed by atoms with Gasteiger partial charge in [-0.1, -0.05) is 12.1 Å². The van der Waals surface area contributed by atoms with Crippen LogP contribution in [0.3, 0.4) is 0 Å². The molecule has 0 saturated heterocycles. The molecule has 164 valence electrons. The van der Waals surface area contributed by atoms with Crippen LogP contribution in [0.4, 0.5) is 4.39 Å². The summed E-state index contributed by atoms with van der Waals surface area (Å²) >= 11 is 0. The minimum atomic E-state index is -0.744. The number of nitrogens with zero attached hydrogens (tertiary/aromatic N) is 1. The molecule has 31 heavy (non-hydrogen) atoms. The van der Waals surface area contributed by atoms with E-state index in [2.05, 4.69) is 9.72 Å². The second-order valence-corrected chi connectivity index (χ2v) is 7.48. The summed E-state index contributed by atoms with van der Waals surface area (Å²) in [5.41, 5.74) is 0.823. The van der Waals surface area contributed by atoms with Gasteiger partial charge in [-0.15, -0.1) is 0 Å². The Labute approximate surface area is 179 Å². The molecule has 0 spiro atoms. The maximum Gasteiger partial charge on any atom is 0.360 e. The van der Waals surface area contributed by atoms with Gasteiger partial charge in [-0.2, -0.15) is 0 Å². The van der Waals surface area contributed by atoms with Crippen LogP contribution in [0, 0.1) is 18.7 Å². The third kappa shape index (κ3) is 4.90. The number of aromatic nitrogens is 1. The van der Waals surface area contributed by atoms with Gasteiger partial charge in [-0.05, 0) is 55.9 Å². The Hall–Kier alpha value is -3.29. The van der Waals surface area contributed by atoms with Gasteiger partial charge in [0.2, 0.25) is 0 Å². The highest BCUT2D eigenvalue weighted by molar-refractivity contribution is 6.21. The summed E-state index contributed by atoms with van der Waals surface area (Å²) in [4.78, 5) is 41.1. The van der Waals surface area contributed by atoms with Crippen molar-refractivity contribution < 1.29 is 32.7 Å². The Morgan fingerprint density at radius 1 is 1.13 bits per heavy atom. The van der Waals surface area contributed by atoms with Gasteiger partial charge in [0.1, 0.15) is 17.7 Å². The van der Waals surface area contributed by atoms with Crippen LogP contribution in [0.1, 0.15) is 59.1 Å². The second-order valence-electron chi connectivity index (χ2n) is 7.48. The Kier molecular flexibility index (Phi) is 6.99. The molecule has 0 unspecified atom stereocenters. The molecule has 2 aromatic rings. The number of methoxy groups -OCH3 is 2. The Bertz CT molecular complexity index is 1020. The van der Waals surface area contributed by atoms with Crippen LogP contribution in [0.5, 0.6) is 0 Å². The van der Waals surface area contributed by atoms with E-state index in [1.165, 1.54) is 38.7 Å². The highest BCUT2D eigenvalue weighted by Crippen LogP contribution is 2.37. The molecule has 1 fully saturated rings. The lowest BCUT2D eigenvalue weighted by Gasteiger charge is -2.26. The minimum Gasteiger partial charge on any atom is -0.465 e. The number of Topliss-reactive ketones (excluding diaryl/α,β-unsaturated/α-hetero) is 1. The van der Waals surface area contributed by atoms with Crippen molar-refractivity contribution in [3.8, 4) is 0 Å². The number of ketones is 1. The standard InChI is InChI=1S/C23H24FNO6/c1-13-16(5-4-6-18(13)24)11-17(22(27)29-2)20(26)14-7-9-15(10-8-14)21-25-19(12-31-21)23(28)30-3/h4-6,11-12,14-15H,7-10H2,1-3H3/b17-11-. The molecular weight excluding hydrogens is 405 g/mol. The number of halogens is 1. The number of oxazole rings is 1. The SMILES string of the molecule is COC(=O)/C(=C\c1cccc(F)c1C)C(=O)C1CCC(c2nc(C(=O)OC)co2)CC1. The zero-order valence-electron chi connectivity index (χ0n) is 17.6. The van der Waals surface area contributed by atoms with Crippen molar-refractivity contribution in [1.29, 1.82) is 0 Å². The van der Waals surface area contributed by atoms with Gasteiger partial charge in [-0.25, -0.2) is 19.0 Å². The van der Waals surface area contributed by atoms with Crippen molar-refractivity contribution in [3.63, 3.8) is 0 Å². The summed E-state index contributed by atoms with van der Waals surface area (Å²) in [6, 6.07) is 4.49. The van der Waals surface area contributed by atoms with Gasteiger partial charge in [0.25, 0.3) is 0 Å². The molecule has 0 aliphatic heterocycles. The number of benzene rings is 1. The Morgan fingerprint density at radius 3 is 2.48 bits per heavy atom. The van der Waals surface area contributed by atoms with E-state index in [-0.39, 0.29) is 28.9 Å². The summed E-state index contributed by atoms with van der Waals surface area (Å²) in [5.74, 6) is -2.01. The van der Waals surface area contributed by atoms with E-state index in [0.29, 0.717) is 42.7 Å². The summed E-state index contributed by atoms with van der Waals surface area (Å²) in [6.45, 7) is 1.59. The highest BCUT2D eigenvalue weighted by Gasteiger charge is 2.33. The van der Waals surface area contributed by atoms with Gasteiger partial charge in [-0.3, -0.25) is 4.79 Å². The third-order valence-electron chi connectivity index (χ3n) is 5.64. The summed E-state index contributed by atoms with van der Waals surface area (Å²) in [5, 5.41) is 0. The molecule has 0 amide bonds. The molecule has 1 aromatic carbocycles. The van der Waals surface area contributed by atoms with Crippen molar-refractivity contribution in [1.82, 2.24) is 4.98 Å². The van der Waals surface area contributed by atoms with Crippen LogP contribution in [-0.2, 0) is 19.1 Å². The van der Waals surface area contributed by atoms with Crippen molar-refractivity contribution in [2.24, 2.45) is 5.92 Å². The van der Waals surface area contributed by atoms with Crippen LogP contribution in [0.15, 0.2) is 34.5 Å². The molecule has 1 saturated carbocycles. The summed E-state index contributed by atoms with van der Waals surface area (Å²) in [7, 11) is 2.48. The van der Waals surface area contributed by atoms with Crippen molar-refractivity contribution >= 4 is 23.8 Å². The smallest absolute Gasteiger partial charge is 0.360 e. The molecule has 7 nitrogen and oxygen atoms in total. The summed E-state index contributed by atoms with van der Waals surface area (Å²) in [6.07, 6.45) is 4.94. The normalized spacial score (nSPS) is 19.0. The molecule has 1 aliphatic carbocycles. The van der Waals surface area contributed by atoms with Gasteiger partial charge >= 0.3 is 11.9 Å². The summed E-state index contributed by atoms with van der Waals surface area (Å²) < 4.78 is 28.7. The van der Waals surface area contributed by atoms with Gasteiger partial charge in [0.05, 0.1) is 14.2 Å². The quantitative estimate of drug-likeness (QED) is 0.296. The monoisotopic (exact) mass is 429 g/mol. The number of rotatable bonds is 6. The molecular formula is C23H24FNO6. The largest absolute Gasteiger partial charge is 0.465 e. The van der Waals surface area contributed by atoms with Crippen LogP contribution < -0.4 is 0 Å². The third-order valence-corrected chi connectivity index (χ3v) is 5.64. The molecule has 1 aromatic heterocycles. The fourth-order valence-corrected chi connectivity index (χ4v) is 3.77. The van der Waals surface area contributed by atoms with E-state index >= 15 is 0 Å². The first-order chi connectivity index (χ1) is 14.8. The van der Waals surface area contributed by atoms with E-state index in [1.54, 1.807) is 13.0 Å². The molecule has 0 atom stereocenters. The van der Waals surface area contributed by atoms with Crippen molar-refractivity contribution in [2.45, 2.75) is 38.5 Å². The number of carbonyl (C=O) groups excluding carboxylic acids is 3. The first-order valence-corrected chi connectivity index (χ1v) is 9.98. The minimum absolute atomic E-state index is 0.0292. The van der Waals surface area contributed by atoms with E-state index < -0.39 is 17.8 Å². The van der Waals surface area contributed by atoms with Gasteiger partial charge < -0.3 is 13.9 Å². The Balaban J connectivity index is 1.74. The molecule has 8 heteroatoms. The van der Waals surface area contributed by atoms with E-state index in [9.17, 15) is 18.8 Å². The number of carbonyl (C=O) groups is 3. The number of hydrogen-bond acceptors (Lipinski definition) is 7. The fraction of sp³-hybridized carbons (Fsp3) is 0.391. The maximum atomic E-state index is 13.9. The first kappa shape index (κ1) is 22.4. The van der Waals surface area contributed by atoms with Crippen LogP contribution >= 0.6 is 0 Å². The average Bonchev–Trinajstić information content (AvgIpc) is 3.29. The average molecular weight is 429 g/mol. The molecule has 0 N–H and O–H groups in total. The molecule has 1 heterocycles. The lowest BCUT2D eigenvalue weighted by molar-refractivity contribution is -0.138.